The largest absolute Gasteiger partial charge is 0.319 e. The van der Waals surface area contributed by atoms with Gasteiger partial charge in [-0.05, 0) is 69.4 Å². The van der Waals surface area contributed by atoms with Gasteiger partial charge in [0.15, 0.2) is 0 Å². The molecule has 0 bridgehead atoms. The van der Waals surface area contributed by atoms with Gasteiger partial charge in [0.25, 0.3) is 0 Å². The summed E-state index contributed by atoms with van der Waals surface area (Å²) in [5, 5.41) is 3.38. The van der Waals surface area contributed by atoms with Gasteiger partial charge in [-0.3, -0.25) is 4.90 Å². The third kappa shape index (κ3) is 2.74. The first-order valence-corrected chi connectivity index (χ1v) is 8.16. The third-order valence-corrected chi connectivity index (χ3v) is 5.21. The minimum absolute atomic E-state index is 0.593. The molecule has 2 atom stereocenters. The van der Waals surface area contributed by atoms with E-state index < -0.39 is 0 Å². The zero-order chi connectivity index (χ0) is 13.4. The van der Waals surface area contributed by atoms with Gasteiger partial charge < -0.3 is 5.32 Å². The van der Waals surface area contributed by atoms with Gasteiger partial charge in [-0.2, -0.15) is 0 Å². The van der Waals surface area contributed by atoms with Crippen LogP contribution >= 0.6 is 15.9 Å². The molecule has 0 radical (unpaired) electrons. The molecule has 1 aliphatic heterocycles. The van der Waals surface area contributed by atoms with Crippen LogP contribution in [0.15, 0.2) is 22.7 Å². The van der Waals surface area contributed by atoms with E-state index in [1.165, 1.54) is 41.4 Å². The molecule has 2 unspecified atom stereocenters. The highest BCUT2D eigenvalue weighted by Gasteiger charge is 2.42. The van der Waals surface area contributed by atoms with Crippen LogP contribution in [0.25, 0.3) is 0 Å². The van der Waals surface area contributed by atoms with Gasteiger partial charge in [0.1, 0.15) is 0 Å². The van der Waals surface area contributed by atoms with E-state index in [9.17, 15) is 0 Å². The van der Waals surface area contributed by atoms with Gasteiger partial charge in [0, 0.05) is 16.6 Å². The van der Waals surface area contributed by atoms with Crippen LogP contribution in [0.2, 0.25) is 0 Å². The Balaban J connectivity index is 1.91. The number of nitrogens with zero attached hydrogens (tertiary/aromatic N) is 1. The van der Waals surface area contributed by atoms with E-state index in [4.69, 9.17) is 0 Å². The molecule has 1 aliphatic carbocycles. The lowest BCUT2D eigenvalue weighted by Gasteiger charge is -2.29. The van der Waals surface area contributed by atoms with Crippen molar-refractivity contribution in [1.82, 2.24) is 10.2 Å². The molecule has 0 aromatic heterocycles. The second-order valence-electron chi connectivity index (χ2n) is 6.05. The van der Waals surface area contributed by atoms with Crippen LogP contribution in [0.3, 0.4) is 0 Å². The van der Waals surface area contributed by atoms with Gasteiger partial charge in [-0.25, -0.2) is 0 Å². The molecule has 19 heavy (non-hydrogen) atoms. The minimum Gasteiger partial charge on any atom is -0.319 e. The number of benzene rings is 1. The number of nitrogens with one attached hydrogen (secondary N) is 1. The fourth-order valence-corrected chi connectivity index (χ4v) is 4.21. The van der Waals surface area contributed by atoms with Gasteiger partial charge >= 0.3 is 0 Å². The highest BCUT2D eigenvalue weighted by atomic mass is 79.9. The molecular formula is C16H23BrN2. The molecule has 1 N–H and O–H groups in total. The van der Waals surface area contributed by atoms with Crippen LogP contribution in [-0.2, 0) is 0 Å². The fourth-order valence-electron chi connectivity index (χ4n) is 3.48. The molecule has 1 heterocycles. The van der Waals surface area contributed by atoms with Crippen molar-refractivity contribution in [3.05, 3.63) is 33.8 Å². The number of aryl methyl sites for hydroxylation is 1. The maximum Gasteiger partial charge on any atom is 0.0402 e. The first-order chi connectivity index (χ1) is 9.20. The third-order valence-electron chi connectivity index (χ3n) is 4.52. The van der Waals surface area contributed by atoms with Crippen LogP contribution < -0.4 is 5.32 Å². The summed E-state index contributed by atoms with van der Waals surface area (Å²) >= 11 is 3.79. The Labute approximate surface area is 124 Å². The molecule has 0 spiro atoms. The monoisotopic (exact) mass is 322 g/mol. The van der Waals surface area contributed by atoms with Gasteiger partial charge in [0.05, 0.1) is 0 Å². The molecule has 2 fully saturated rings. The average Bonchev–Trinajstić information content (AvgIpc) is 3.13. The Morgan fingerprint density at radius 2 is 2.11 bits per heavy atom. The summed E-state index contributed by atoms with van der Waals surface area (Å²) in [6.07, 6.45) is 4.11. The summed E-state index contributed by atoms with van der Waals surface area (Å²) in [4.78, 5) is 2.75. The van der Waals surface area contributed by atoms with Crippen LogP contribution in [-0.4, -0.2) is 31.1 Å². The Morgan fingerprint density at radius 1 is 1.32 bits per heavy atom. The van der Waals surface area contributed by atoms with Crippen molar-refractivity contribution in [1.29, 1.82) is 0 Å². The lowest BCUT2D eigenvalue weighted by atomic mass is 9.93. The second-order valence-corrected chi connectivity index (χ2v) is 6.90. The summed E-state index contributed by atoms with van der Waals surface area (Å²) in [5.74, 6) is 0.740. The number of halogens is 1. The standard InChI is InChI=1S/C16H23BrN2/c1-11-3-6-14(15(17)9-11)16-12(10-18-2)7-8-19(16)13-4-5-13/h3,6,9,12-13,16,18H,4-5,7-8,10H2,1-2H3. The lowest BCUT2D eigenvalue weighted by molar-refractivity contribution is 0.216. The van der Waals surface area contributed by atoms with Gasteiger partial charge in [-0.15, -0.1) is 0 Å². The van der Waals surface area contributed by atoms with E-state index in [0.717, 1.165) is 18.5 Å². The predicted octanol–water partition coefficient (Wildman–Crippen LogP) is 3.50. The van der Waals surface area contributed by atoms with E-state index in [-0.39, 0.29) is 0 Å². The fraction of sp³-hybridized carbons (Fsp3) is 0.625. The van der Waals surface area contributed by atoms with Gasteiger partial charge in [0.2, 0.25) is 0 Å². The van der Waals surface area contributed by atoms with Crippen molar-refractivity contribution in [2.24, 2.45) is 5.92 Å². The van der Waals surface area contributed by atoms with Gasteiger partial charge in [-0.1, -0.05) is 28.1 Å². The van der Waals surface area contributed by atoms with Crippen LogP contribution in [0, 0.1) is 12.8 Å². The maximum absolute atomic E-state index is 3.79. The Morgan fingerprint density at radius 3 is 2.74 bits per heavy atom. The highest BCUT2D eigenvalue weighted by Crippen LogP contribution is 2.45. The predicted molar refractivity (Wildman–Crippen MR) is 83.4 cm³/mol. The molecule has 1 aromatic carbocycles. The summed E-state index contributed by atoms with van der Waals surface area (Å²) in [7, 11) is 2.07. The molecule has 1 aromatic rings. The molecule has 104 valence electrons. The Hall–Kier alpha value is -0.380. The number of hydrogen-bond acceptors (Lipinski definition) is 2. The van der Waals surface area contributed by atoms with E-state index in [0.29, 0.717) is 6.04 Å². The topological polar surface area (TPSA) is 15.3 Å². The van der Waals surface area contributed by atoms with E-state index in [1.807, 2.05) is 0 Å². The number of rotatable bonds is 4. The summed E-state index contributed by atoms with van der Waals surface area (Å²) in [6.45, 7) is 4.54. The van der Waals surface area contributed by atoms with Crippen LogP contribution in [0.5, 0.6) is 0 Å². The zero-order valence-electron chi connectivity index (χ0n) is 11.8. The first kappa shape index (κ1) is 13.6. The van der Waals surface area contributed by atoms with Crippen molar-refractivity contribution in [2.75, 3.05) is 20.1 Å². The van der Waals surface area contributed by atoms with Crippen LogP contribution in [0.1, 0.15) is 36.4 Å². The van der Waals surface area contributed by atoms with E-state index in [1.54, 1.807) is 0 Å². The molecule has 2 aliphatic rings. The molecule has 0 amide bonds. The van der Waals surface area contributed by atoms with Crippen molar-refractivity contribution in [3.8, 4) is 0 Å². The SMILES string of the molecule is CNCC1CCN(C2CC2)C1c1ccc(C)cc1Br. The molecule has 1 saturated carbocycles. The molecule has 3 rings (SSSR count). The van der Waals surface area contributed by atoms with Crippen molar-refractivity contribution >= 4 is 15.9 Å². The molecule has 2 nitrogen and oxygen atoms in total. The summed E-state index contributed by atoms with van der Waals surface area (Å²) < 4.78 is 1.28. The normalized spacial score (nSPS) is 27.9. The highest BCUT2D eigenvalue weighted by molar-refractivity contribution is 9.10. The molecule has 3 heteroatoms. The van der Waals surface area contributed by atoms with Crippen molar-refractivity contribution < 1.29 is 0 Å². The quantitative estimate of drug-likeness (QED) is 0.912. The number of likely N-dealkylation sites (tertiary alicyclic amines) is 1. The smallest absolute Gasteiger partial charge is 0.0402 e. The summed E-state index contributed by atoms with van der Waals surface area (Å²) in [5.41, 5.74) is 2.81. The zero-order valence-corrected chi connectivity index (χ0v) is 13.4. The van der Waals surface area contributed by atoms with Crippen LogP contribution in [0.4, 0.5) is 0 Å². The van der Waals surface area contributed by atoms with Crippen molar-refractivity contribution in [3.63, 3.8) is 0 Å². The van der Waals surface area contributed by atoms with Crippen molar-refractivity contribution in [2.45, 2.75) is 38.3 Å². The molecule has 1 saturated heterocycles. The van der Waals surface area contributed by atoms with E-state index >= 15 is 0 Å². The molecular weight excluding hydrogens is 300 g/mol. The summed E-state index contributed by atoms with van der Waals surface area (Å²) in [6, 6.07) is 8.28. The average molecular weight is 323 g/mol. The second kappa shape index (κ2) is 5.55. The maximum atomic E-state index is 3.79. The Bertz CT molecular complexity index is 456. The lowest BCUT2D eigenvalue weighted by Crippen LogP contribution is -2.31. The minimum atomic E-state index is 0.593. The van der Waals surface area contributed by atoms with E-state index in [2.05, 4.69) is 58.3 Å². The Kier molecular flexibility index (Phi) is 3.97. The first-order valence-electron chi connectivity index (χ1n) is 7.37. The number of hydrogen-bond donors (Lipinski definition) is 1.